The molecule has 0 saturated carbocycles. The first-order valence-electron chi connectivity index (χ1n) is 8.93. The molecule has 27 heavy (non-hydrogen) atoms. The summed E-state index contributed by atoms with van der Waals surface area (Å²) in [7, 11) is -0.597. The molecule has 0 bridgehead atoms. The molecule has 1 aliphatic rings. The molecule has 7 heteroatoms. The SMILES string of the molecule is Cc1ccccc1N1CCN(C(=O)c2cccc(S(=O)(=O)N(C)C)c2)CC1. The van der Waals surface area contributed by atoms with Crippen LogP contribution in [0.15, 0.2) is 53.4 Å². The van der Waals surface area contributed by atoms with Crippen molar-refractivity contribution in [3.63, 3.8) is 0 Å². The lowest BCUT2D eigenvalue weighted by molar-refractivity contribution is 0.0746. The summed E-state index contributed by atoms with van der Waals surface area (Å²) in [6.07, 6.45) is 0. The topological polar surface area (TPSA) is 60.9 Å². The molecule has 6 nitrogen and oxygen atoms in total. The zero-order valence-corrected chi connectivity index (χ0v) is 16.7. The normalized spacial score (nSPS) is 15.3. The Morgan fingerprint density at radius 3 is 2.26 bits per heavy atom. The van der Waals surface area contributed by atoms with E-state index in [2.05, 4.69) is 24.0 Å². The van der Waals surface area contributed by atoms with E-state index in [-0.39, 0.29) is 10.8 Å². The third-order valence-corrected chi connectivity index (χ3v) is 6.69. The minimum Gasteiger partial charge on any atom is -0.368 e. The van der Waals surface area contributed by atoms with Crippen LogP contribution < -0.4 is 4.90 Å². The highest BCUT2D eigenvalue weighted by molar-refractivity contribution is 7.89. The van der Waals surface area contributed by atoms with E-state index < -0.39 is 10.0 Å². The van der Waals surface area contributed by atoms with Gasteiger partial charge in [-0.2, -0.15) is 0 Å². The number of rotatable bonds is 4. The van der Waals surface area contributed by atoms with E-state index in [0.29, 0.717) is 18.7 Å². The molecule has 1 fully saturated rings. The predicted molar refractivity (Wildman–Crippen MR) is 107 cm³/mol. The smallest absolute Gasteiger partial charge is 0.254 e. The second kappa shape index (κ2) is 7.70. The Morgan fingerprint density at radius 2 is 1.63 bits per heavy atom. The monoisotopic (exact) mass is 387 g/mol. The molecule has 0 aliphatic carbocycles. The number of aryl methyl sites for hydroxylation is 1. The van der Waals surface area contributed by atoms with Crippen LogP contribution in [0.1, 0.15) is 15.9 Å². The van der Waals surface area contributed by atoms with E-state index in [0.717, 1.165) is 17.4 Å². The number of anilines is 1. The van der Waals surface area contributed by atoms with Crippen LogP contribution in [0.5, 0.6) is 0 Å². The molecule has 2 aromatic rings. The summed E-state index contributed by atoms with van der Waals surface area (Å²) in [6, 6.07) is 14.5. The summed E-state index contributed by atoms with van der Waals surface area (Å²) in [5, 5.41) is 0. The molecule has 1 amide bonds. The number of carbonyl (C=O) groups excluding carboxylic acids is 1. The van der Waals surface area contributed by atoms with E-state index in [4.69, 9.17) is 0 Å². The molecule has 1 saturated heterocycles. The standard InChI is InChI=1S/C20H25N3O3S/c1-16-7-4-5-10-19(16)22-11-13-23(14-12-22)20(24)17-8-6-9-18(15-17)27(25,26)21(2)3/h4-10,15H,11-14H2,1-3H3. The Labute approximate surface area is 161 Å². The van der Waals surface area contributed by atoms with Crippen molar-refractivity contribution in [3.8, 4) is 0 Å². The van der Waals surface area contributed by atoms with Gasteiger partial charge in [0.15, 0.2) is 0 Å². The van der Waals surface area contributed by atoms with Crippen LogP contribution in [0.3, 0.4) is 0 Å². The lowest BCUT2D eigenvalue weighted by Crippen LogP contribution is -2.49. The number of benzene rings is 2. The van der Waals surface area contributed by atoms with E-state index in [9.17, 15) is 13.2 Å². The molecular formula is C20H25N3O3S. The first-order valence-corrected chi connectivity index (χ1v) is 10.4. The molecule has 0 atom stereocenters. The van der Waals surface area contributed by atoms with Gasteiger partial charge in [-0.1, -0.05) is 24.3 Å². The van der Waals surface area contributed by atoms with E-state index in [1.165, 1.54) is 37.5 Å². The molecule has 2 aromatic carbocycles. The highest BCUT2D eigenvalue weighted by Crippen LogP contribution is 2.22. The van der Waals surface area contributed by atoms with Crippen molar-refractivity contribution in [2.45, 2.75) is 11.8 Å². The van der Waals surface area contributed by atoms with Crippen LogP contribution in [-0.4, -0.2) is 63.8 Å². The van der Waals surface area contributed by atoms with E-state index >= 15 is 0 Å². The van der Waals surface area contributed by atoms with Crippen LogP contribution in [0.4, 0.5) is 5.69 Å². The fourth-order valence-electron chi connectivity index (χ4n) is 3.25. The number of para-hydroxylation sites is 1. The van der Waals surface area contributed by atoms with Crippen LogP contribution >= 0.6 is 0 Å². The number of hydrogen-bond donors (Lipinski definition) is 0. The minimum atomic E-state index is -3.56. The Kier molecular flexibility index (Phi) is 5.53. The molecule has 144 valence electrons. The van der Waals surface area contributed by atoms with E-state index in [1.54, 1.807) is 17.0 Å². The van der Waals surface area contributed by atoms with Gasteiger partial charge in [0.2, 0.25) is 10.0 Å². The first kappa shape index (κ1) is 19.4. The van der Waals surface area contributed by atoms with Gasteiger partial charge in [-0.3, -0.25) is 4.79 Å². The van der Waals surface area contributed by atoms with Crippen molar-refractivity contribution in [1.29, 1.82) is 0 Å². The maximum absolute atomic E-state index is 12.9. The lowest BCUT2D eigenvalue weighted by Gasteiger charge is -2.36. The van der Waals surface area contributed by atoms with Crippen molar-refractivity contribution < 1.29 is 13.2 Å². The van der Waals surface area contributed by atoms with E-state index in [1.807, 2.05) is 12.1 Å². The number of carbonyl (C=O) groups is 1. The van der Waals surface area contributed by atoms with Gasteiger partial charge in [-0.15, -0.1) is 0 Å². The minimum absolute atomic E-state index is 0.129. The van der Waals surface area contributed by atoms with Gasteiger partial charge in [0.05, 0.1) is 4.90 Å². The molecule has 0 unspecified atom stereocenters. The highest BCUT2D eigenvalue weighted by Gasteiger charge is 2.24. The third kappa shape index (κ3) is 3.99. The van der Waals surface area contributed by atoms with Gasteiger partial charge >= 0.3 is 0 Å². The number of hydrogen-bond acceptors (Lipinski definition) is 4. The lowest BCUT2D eigenvalue weighted by atomic mass is 10.1. The maximum Gasteiger partial charge on any atom is 0.254 e. The Morgan fingerprint density at radius 1 is 0.963 bits per heavy atom. The third-order valence-electron chi connectivity index (χ3n) is 4.88. The van der Waals surface area contributed by atoms with Crippen molar-refractivity contribution in [1.82, 2.24) is 9.21 Å². The van der Waals surface area contributed by atoms with Gasteiger partial charge in [0, 0.05) is 51.5 Å². The van der Waals surface area contributed by atoms with Crippen molar-refractivity contribution in [2.75, 3.05) is 45.2 Å². The second-order valence-electron chi connectivity index (χ2n) is 6.88. The molecule has 0 N–H and O–H groups in total. The molecule has 0 aromatic heterocycles. The summed E-state index contributed by atoms with van der Waals surface area (Å²) in [5.41, 5.74) is 2.82. The molecule has 3 rings (SSSR count). The number of nitrogens with zero attached hydrogens (tertiary/aromatic N) is 3. The van der Waals surface area contributed by atoms with Crippen LogP contribution in [0.2, 0.25) is 0 Å². The summed E-state index contributed by atoms with van der Waals surface area (Å²) in [6.45, 7) is 4.82. The van der Waals surface area contributed by atoms with Crippen LogP contribution in [0.25, 0.3) is 0 Å². The summed E-state index contributed by atoms with van der Waals surface area (Å²) in [4.78, 5) is 17.1. The summed E-state index contributed by atoms with van der Waals surface area (Å²) >= 11 is 0. The van der Waals surface area contributed by atoms with Crippen LogP contribution in [-0.2, 0) is 10.0 Å². The zero-order valence-electron chi connectivity index (χ0n) is 15.9. The van der Waals surface area contributed by atoms with Gasteiger partial charge in [0.25, 0.3) is 5.91 Å². The summed E-state index contributed by atoms with van der Waals surface area (Å²) in [5.74, 6) is -0.129. The highest BCUT2D eigenvalue weighted by atomic mass is 32.2. The maximum atomic E-state index is 12.9. The Hall–Kier alpha value is -2.38. The van der Waals surface area contributed by atoms with Crippen molar-refractivity contribution in [3.05, 3.63) is 59.7 Å². The van der Waals surface area contributed by atoms with Gasteiger partial charge < -0.3 is 9.80 Å². The molecule has 0 radical (unpaired) electrons. The number of amides is 1. The largest absolute Gasteiger partial charge is 0.368 e. The van der Waals surface area contributed by atoms with Gasteiger partial charge in [0.1, 0.15) is 0 Å². The first-order chi connectivity index (χ1) is 12.8. The average molecular weight is 388 g/mol. The Balaban J connectivity index is 1.72. The zero-order chi connectivity index (χ0) is 19.6. The average Bonchev–Trinajstić information content (AvgIpc) is 2.68. The fourth-order valence-corrected chi connectivity index (χ4v) is 4.20. The van der Waals surface area contributed by atoms with Crippen LogP contribution in [0, 0.1) is 6.92 Å². The quantitative estimate of drug-likeness (QED) is 0.807. The van der Waals surface area contributed by atoms with Crippen molar-refractivity contribution in [2.24, 2.45) is 0 Å². The molecule has 1 aliphatic heterocycles. The number of sulfonamides is 1. The predicted octanol–water partition coefficient (Wildman–Crippen LogP) is 2.21. The second-order valence-corrected chi connectivity index (χ2v) is 9.03. The Bertz CT molecular complexity index is 933. The summed E-state index contributed by atoms with van der Waals surface area (Å²) < 4.78 is 25.8. The van der Waals surface area contributed by atoms with Crippen molar-refractivity contribution >= 4 is 21.6 Å². The van der Waals surface area contributed by atoms with Gasteiger partial charge in [-0.25, -0.2) is 12.7 Å². The molecular weight excluding hydrogens is 362 g/mol. The molecule has 1 heterocycles. The fraction of sp³-hybridized carbons (Fsp3) is 0.350. The van der Waals surface area contributed by atoms with Gasteiger partial charge in [-0.05, 0) is 36.8 Å². The molecule has 0 spiro atoms. The number of piperazine rings is 1.